The zero-order valence-corrected chi connectivity index (χ0v) is 17.3. The van der Waals surface area contributed by atoms with E-state index in [1.807, 2.05) is 11.2 Å². The van der Waals surface area contributed by atoms with Crippen LogP contribution in [0.5, 0.6) is 0 Å². The standard InChI is InChI=1S/C18H25ClFN3O4S/c1-4-9-27-28-23-11-16(23)18(25)22-13(2)7-8-21-17(24)12-26-10-5-6-15(19)14(3)20/h5-6,10,16H,2-4,7-9,11-12H2,1H3,(H,21,24)(H,22,25)/b10-5+,15-6+. The van der Waals surface area contributed by atoms with E-state index in [2.05, 4.69) is 23.8 Å². The molecular formula is C18H25ClFN3O4S. The highest BCUT2D eigenvalue weighted by molar-refractivity contribution is 7.92. The van der Waals surface area contributed by atoms with E-state index in [0.29, 0.717) is 31.8 Å². The zero-order valence-electron chi connectivity index (χ0n) is 15.7. The minimum absolute atomic E-state index is 0.139. The Morgan fingerprint density at radius 1 is 1.43 bits per heavy atom. The number of amides is 2. The van der Waals surface area contributed by atoms with Crippen LogP contribution in [0.3, 0.4) is 0 Å². The predicted molar refractivity (Wildman–Crippen MR) is 109 cm³/mol. The van der Waals surface area contributed by atoms with Gasteiger partial charge in [-0.1, -0.05) is 31.7 Å². The van der Waals surface area contributed by atoms with Crippen LogP contribution >= 0.6 is 23.8 Å². The fourth-order valence-electron chi connectivity index (χ4n) is 1.73. The summed E-state index contributed by atoms with van der Waals surface area (Å²) >= 11 is 6.70. The van der Waals surface area contributed by atoms with E-state index in [1.54, 1.807) is 0 Å². The third-order valence-electron chi connectivity index (χ3n) is 3.25. The molecule has 2 N–H and O–H groups in total. The highest BCUT2D eigenvalue weighted by atomic mass is 35.5. The summed E-state index contributed by atoms with van der Waals surface area (Å²) < 4.78 is 24.7. The van der Waals surface area contributed by atoms with Gasteiger partial charge in [-0.2, -0.15) is 0 Å². The number of nitrogens with one attached hydrogen (secondary N) is 2. The van der Waals surface area contributed by atoms with Gasteiger partial charge in [-0.25, -0.2) is 8.70 Å². The number of rotatable bonds is 14. The average molecular weight is 434 g/mol. The molecule has 2 atom stereocenters. The second kappa shape index (κ2) is 13.4. The fourth-order valence-corrected chi connectivity index (χ4v) is 2.58. The number of hydrogen-bond acceptors (Lipinski definition) is 6. The van der Waals surface area contributed by atoms with Crippen LogP contribution in [0.4, 0.5) is 4.39 Å². The lowest BCUT2D eigenvalue weighted by molar-refractivity contribution is -0.124. The third-order valence-corrected chi connectivity index (χ3v) is 4.44. The number of carbonyl (C=O) groups is 2. The van der Waals surface area contributed by atoms with Crippen LogP contribution in [0.25, 0.3) is 0 Å². The quantitative estimate of drug-likeness (QED) is 0.109. The van der Waals surface area contributed by atoms with E-state index in [1.165, 1.54) is 30.6 Å². The minimum atomic E-state index is -0.755. The molecule has 2 unspecified atom stereocenters. The van der Waals surface area contributed by atoms with Crippen molar-refractivity contribution in [3.05, 3.63) is 48.1 Å². The Morgan fingerprint density at radius 3 is 2.86 bits per heavy atom. The number of carbonyl (C=O) groups excluding carboxylic acids is 2. The predicted octanol–water partition coefficient (Wildman–Crippen LogP) is 2.93. The molecule has 28 heavy (non-hydrogen) atoms. The second-order valence-corrected chi connectivity index (χ2v) is 7.02. The van der Waals surface area contributed by atoms with E-state index in [0.717, 1.165) is 6.42 Å². The lowest BCUT2D eigenvalue weighted by Gasteiger charge is -2.09. The van der Waals surface area contributed by atoms with Crippen molar-refractivity contribution in [2.75, 3.05) is 26.3 Å². The summed E-state index contributed by atoms with van der Waals surface area (Å²) in [5.74, 6) is -1.24. The molecule has 0 spiro atoms. The fraction of sp³-hybridized carbons (Fsp3) is 0.444. The molecule has 0 saturated carbocycles. The van der Waals surface area contributed by atoms with Gasteiger partial charge in [0.15, 0.2) is 6.61 Å². The Hall–Kier alpha value is -1.81. The Labute approximate surface area is 174 Å². The topological polar surface area (TPSA) is 79.7 Å². The number of nitrogens with zero attached hydrogens (tertiary/aromatic N) is 1. The smallest absolute Gasteiger partial charge is 0.257 e. The molecule has 2 amide bonds. The first-order chi connectivity index (χ1) is 13.3. The van der Waals surface area contributed by atoms with Gasteiger partial charge in [0.05, 0.1) is 30.1 Å². The lowest BCUT2D eigenvalue weighted by atomic mass is 10.3. The summed E-state index contributed by atoms with van der Waals surface area (Å²) in [6.07, 6.45) is 5.14. The molecule has 0 aromatic rings. The van der Waals surface area contributed by atoms with E-state index >= 15 is 0 Å². The first-order valence-corrected chi connectivity index (χ1v) is 9.73. The summed E-state index contributed by atoms with van der Waals surface area (Å²) in [5.41, 5.74) is 0.517. The van der Waals surface area contributed by atoms with Crippen LogP contribution in [0.15, 0.2) is 48.1 Å². The van der Waals surface area contributed by atoms with Crippen LogP contribution < -0.4 is 10.6 Å². The molecular weight excluding hydrogens is 409 g/mol. The Balaban J connectivity index is 2.10. The molecule has 1 rings (SSSR count). The monoisotopic (exact) mass is 433 g/mol. The van der Waals surface area contributed by atoms with Crippen LogP contribution in [-0.4, -0.2) is 48.5 Å². The van der Waals surface area contributed by atoms with E-state index in [9.17, 15) is 14.0 Å². The second-order valence-electron chi connectivity index (χ2n) is 5.76. The largest absolute Gasteiger partial charge is 0.491 e. The normalized spacial score (nSPS) is 18.6. The van der Waals surface area contributed by atoms with Crippen molar-refractivity contribution in [2.24, 2.45) is 0 Å². The molecule has 0 aliphatic carbocycles. The highest BCUT2D eigenvalue weighted by Crippen LogP contribution is 2.28. The Bertz CT molecular complexity index is 642. The molecule has 0 aromatic heterocycles. The molecule has 7 nitrogen and oxygen atoms in total. The van der Waals surface area contributed by atoms with Crippen molar-refractivity contribution in [2.45, 2.75) is 25.8 Å². The van der Waals surface area contributed by atoms with Crippen LogP contribution in [-0.2, 0) is 18.5 Å². The summed E-state index contributed by atoms with van der Waals surface area (Å²) in [4.78, 5) is 23.6. The first-order valence-electron chi connectivity index (χ1n) is 8.65. The highest BCUT2D eigenvalue weighted by Gasteiger charge is 2.42. The van der Waals surface area contributed by atoms with Gasteiger partial charge >= 0.3 is 0 Å². The molecule has 1 aliphatic heterocycles. The summed E-state index contributed by atoms with van der Waals surface area (Å²) in [6.45, 7) is 10.2. The molecule has 1 fully saturated rings. The van der Waals surface area contributed by atoms with Crippen molar-refractivity contribution < 1.29 is 22.9 Å². The lowest BCUT2D eigenvalue weighted by Crippen LogP contribution is -2.32. The van der Waals surface area contributed by atoms with E-state index in [-0.39, 0.29) is 29.5 Å². The Kier molecular flexibility index (Phi) is 11.6. The van der Waals surface area contributed by atoms with Gasteiger partial charge in [-0.05, 0) is 18.6 Å². The molecule has 156 valence electrons. The maximum Gasteiger partial charge on any atom is 0.257 e. The minimum Gasteiger partial charge on any atom is -0.491 e. The first kappa shape index (κ1) is 24.2. The molecule has 1 saturated heterocycles. The molecule has 0 bridgehead atoms. The van der Waals surface area contributed by atoms with Gasteiger partial charge in [0.1, 0.15) is 11.9 Å². The van der Waals surface area contributed by atoms with Gasteiger partial charge in [-0.3, -0.25) is 9.59 Å². The average Bonchev–Trinajstić information content (AvgIpc) is 3.41. The van der Waals surface area contributed by atoms with Gasteiger partial charge in [0, 0.05) is 25.2 Å². The SMILES string of the molecule is C=C(CCNC(=O)CO/C=C/C=C(/Cl)C(=C)F)NC(=O)C1CN1SOCCC. The molecule has 0 aromatic carbocycles. The van der Waals surface area contributed by atoms with Gasteiger partial charge in [0.2, 0.25) is 5.91 Å². The van der Waals surface area contributed by atoms with Gasteiger partial charge in [-0.15, -0.1) is 0 Å². The molecule has 0 radical (unpaired) electrons. The van der Waals surface area contributed by atoms with Crippen molar-refractivity contribution >= 4 is 35.6 Å². The van der Waals surface area contributed by atoms with E-state index in [4.69, 9.17) is 20.5 Å². The van der Waals surface area contributed by atoms with Crippen molar-refractivity contribution in [1.29, 1.82) is 0 Å². The number of ether oxygens (including phenoxy) is 1. The number of hydrogen-bond donors (Lipinski definition) is 2. The molecule has 1 aliphatic rings. The molecule has 1 heterocycles. The van der Waals surface area contributed by atoms with Crippen molar-refractivity contribution in [3.8, 4) is 0 Å². The van der Waals surface area contributed by atoms with Crippen LogP contribution in [0.1, 0.15) is 19.8 Å². The summed E-state index contributed by atoms with van der Waals surface area (Å²) in [5, 5.41) is 5.21. The summed E-state index contributed by atoms with van der Waals surface area (Å²) in [7, 11) is 0. The summed E-state index contributed by atoms with van der Waals surface area (Å²) in [6, 6.07) is -0.217. The van der Waals surface area contributed by atoms with E-state index < -0.39 is 5.83 Å². The number of halogens is 2. The zero-order chi connectivity index (χ0) is 20.9. The maximum absolute atomic E-state index is 12.6. The van der Waals surface area contributed by atoms with Crippen LogP contribution in [0.2, 0.25) is 0 Å². The molecule has 10 heteroatoms. The van der Waals surface area contributed by atoms with Gasteiger partial charge in [0.25, 0.3) is 5.91 Å². The Morgan fingerprint density at radius 2 is 2.18 bits per heavy atom. The third kappa shape index (κ3) is 10.5. The number of allylic oxidation sites excluding steroid dienone is 4. The van der Waals surface area contributed by atoms with Crippen LogP contribution in [0, 0.1) is 0 Å². The van der Waals surface area contributed by atoms with Crippen molar-refractivity contribution in [1.82, 2.24) is 14.9 Å². The maximum atomic E-state index is 12.6. The van der Waals surface area contributed by atoms with Crippen molar-refractivity contribution in [3.63, 3.8) is 0 Å². The van der Waals surface area contributed by atoms with Gasteiger partial charge < -0.3 is 19.6 Å².